The van der Waals surface area contributed by atoms with Gasteiger partial charge in [0.2, 0.25) is 47.3 Å². The Kier molecular flexibility index (Phi) is 24.4. The first-order valence-corrected chi connectivity index (χ1v) is 28.5. The lowest BCUT2D eigenvalue weighted by Gasteiger charge is -2.30. The van der Waals surface area contributed by atoms with Crippen LogP contribution in [0.15, 0.2) is 108 Å². The van der Waals surface area contributed by atoms with Crippen LogP contribution < -0.4 is 48.7 Å². The van der Waals surface area contributed by atoms with Crippen molar-refractivity contribution >= 4 is 75.7 Å². The molecule has 6 rings (SSSR count). The Balaban J connectivity index is 1.24. The van der Waals surface area contributed by atoms with Crippen molar-refractivity contribution in [1.82, 2.24) is 47.1 Å². The van der Waals surface area contributed by atoms with Crippen molar-refractivity contribution in [3.05, 3.63) is 136 Å². The third-order valence-electron chi connectivity index (χ3n) is 14.2. The van der Waals surface area contributed by atoms with Crippen molar-refractivity contribution in [2.45, 2.75) is 127 Å². The van der Waals surface area contributed by atoms with Gasteiger partial charge in [0.1, 0.15) is 53.9 Å². The van der Waals surface area contributed by atoms with Gasteiger partial charge in [-0.1, -0.05) is 80.0 Å². The van der Waals surface area contributed by atoms with E-state index in [1.807, 2.05) is 38.1 Å². The molecule has 22 nitrogen and oxygen atoms in total. The molecule has 0 aliphatic carbocycles. The highest BCUT2D eigenvalue weighted by Crippen LogP contribution is 2.22. The molecule has 1 aliphatic heterocycles. The Labute approximate surface area is 491 Å². The number of aryl methyl sites for hydroxylation is 1. The molecule has 2 heterocycles. The third-order valence-corrected chi connectivity index (χ3v) is 14.5. The van der Waals surface area contributed by atoms with Crippen molar-refractivity contribution < 1.29 is 53.0 Å². The first-order valence-electron chi connectivity index (χ1n) is 28.1. The van der Waals surface area contributed by atoms with Crippen LogP contribution in [0, 0.1) is 11.7 Å². The molecule has 1 saturated heterocycles. The number of H-pyrrole nitrogens is 1. The number of fused-ring (bicyclic) bond motifs is 1. The van der Waals surface area contributed by atoms with Gasteiger partial charge in [-0.3, -0.25) is 43.3 Å². The standard InChI is InChI=1S/C60H76ClFN12O10/c1-4-65-58(83)51-12-8-28-74(51)59(84)45(11-7-27-66-60(63)64)69-53(78)46(29-35(2)3)70-54(79)47(30-37-13-20-40(61)21-14-37)71-55(80)48(31-38-17-24-42(76)25-18-38)72-57(82)50(34-75)73-56(81)49(32-39-33-67-44-10-6-5-9-43(39)44)68-52(77)26-19-36-15-22-41(62)23-16-36/h5-6,9-10,13-18,20-25,33,35,45-51,67,75-76H,4,7-8,11-12,19,26-32,34H2,1-3H3,(H,65,83)(H,68,77)(H,69,78)(H,70,79)(H,71,80)(H,72,82)(H,73,81)(H4,63,64,66)/t45-,46-,47+,48-,49-,50-,51+/m0/s1. The molecule has 7 atom stereocenters. The van der Waals surface area contributed by atoms with Gasteiger partial charge in [0, 0.05) is 67.4 Å². The summed E-state index contributed by atoms with van der Waals surface area (Å²) in [6, 6.07) is 16.1. The number of aromatic nitrogens is 1. The molecule has 0 saturated carbocycles. The number of amides is 8. The minimum absolute atomic E-state index is 0.0435. The number of hydrogen-bond donors (Lipinski definition) is 12. The first kappa shape index (κ1) is 64.6. The van der Waals surface area contributed by atoms with Crippen LogP contribution in [0.4, 0.5) is 4.39 Å². The number of carbonyl (C=O) groups excluding carboxylic acids is 8. The Morgan fingerprint density at radius 2 is 1.26 bits per heavy atom. The number of rotatable bonds is 30. The second kappa shape index (κ2) is 31.7. The summed E-state index contributed by atoms with van der Waals surface area (Å²) in [6.07, 6.45) is 2.82. The van der Waals surface area contributed by atoms with Crippen molar-refractivity contribution in [2.24, 2.45) is 22.4 Å². The monoisotopic (exact) mass is 1180 g/mol. The normalized spacial score (nSPS) is 15.1. The van der Waals surface area contributed by atoms with Gasteiger partial charge in [-0.15, -0.1) is 0 Å². The van der Waals surface area contributed by atoms with Gasteiger partial charge in [-0.25, -0.2) is 4.39 Å². The van der Waals surface area contributed by atoms with Gasteiger partial charge >= 0.3 is 0 Å². The number of phenols is 1. The predicted molar refractivity (Wildman–Crippen MR) is 315 cm³/mol. The number of phenolic OH excluding ortho intramolecular Hbond substituents is 1. The Hall–Kier alpha value is -8.57. The Bertz CT molecular complexity index is 3080. The summed E-state index contributed by atoms with van der Waals surface area (Å²) in [5.41, 5.74) is 14.2. The molecule has 1 fully saturated rings. The van der Waals surface area contributed by atoms with E-state index in [1.165, 1.54) is 41.3 Å². The number of likely N-dealkylation sites (tertiary alicyclic amines) is 1. The quantitative estimate of drug-likeness (QED) is 0.0179. The lowest BCUT2D eigenvalue weighted by Crippen LogP contribution is -2.61. The molecular weight excluding hydrogens is 1100 g/mol. The second-order valence-corrected chi connectivity index (χ2v) is 21.6. The van der Waals surface area contributed by atoms with Crippen LogP contribution in [0.3, 0.4) is 0 Å². The summed E-state index contributed by atoms with van der Waals surface area (Å²) in [6.45, 7) is 5.23. The number of carbonyl (C=O) groups is 8. The summed E-state index contributed by atoms with van der Waals surface area (Å²) >= 11 is 6.23. The highest BCUT2D eigenvalue weighted by Gasteiger charge is 2.39. The van der Waals surface area contributed by atoms with E-state index in [0.29, 0.717) is 46.7 Å². The summed E-state index contributed by atoms with van der Waals surface area (Å²) in [5, 5.41) is 41.0. The lowest BCUT2D eigenvalue weighted by molar-refractivity contribution is -0.142. The number of hydrogen-bond acceptors (Lipinski definition) is 11. The number of nitrogens with zero attached hydrogens (tertiary/aromatic N) is 2. The molecule has 8 amide bonds. The highest BCUT2D eigenvalue weighted by molar-refractivity contribution is 6.30. The predicted octanol–water partition coefficient (Wildman–Crippen LogP) is 2.45. The minimum Gasteiger partial charge on any atom is -0.508 e. The maximum atomic E-state index is 14.8. The number of halogens is 2. The molecule has 0 unspecified atom stereocenters. The van der Waals surface area contributed by atoms with Crippen LogP contribution in [0.25, 0.3) is 10.9 Å². The minimum atomic E-state index is -1.69. The number of benzene rings is 4. The molecule has 4 aromatic carbocycles. The third kappa shape index (κ3) is 19.5. The second-order valence-electron chi connectivity index (χ2n) is 21.2. The average molecular weight is 1180 g/mol. The van der Waals surface area contributed by atoms with Crippen LogP contribution >= 0.6 is 11.6 Å². The number of likely N-dealkylation sites (N-methyl/N-ethyl adjacent to an activating group) is 1. The molecule has 24 heteroatoms. The Morgan fingerprint density at radius 3 is 1.87 bits per heavy atom. The fourth-order valence-electron chi connectivity index (χ4n) is 9.86. The van der Waals surface area contributed by atoms with E-state index in [-0.39, 0.29) is 88.0 Å². The van der Waals surface area contributed by atoms with Crippen molar-refractivity contribution in [3.8, 4) is 5.75 Å². The summed E-state index contributed by atoms with van der Waals surface area (Å²) in [7, 11) is 0. The van der Waals surface area contributed by atoms with Gasteiger partial charge in [0.25, 0.3) is 0 Å². The fourth-order valence-corrected chi connectivity index (χ4v) is 9.99. The largest absolute Gasteiger partial charge is 0.508 e. The van der Waals surface area contributed by atoms with Crippen LogP contribution in [0.2, 0.25) is 5.02 Å². The first-order chi connectivity index (χ1) is 40.2. The van der Waals surface area contributed by atoms with E-state index in [4.69, 9.17) is 23.1 Å². The maximum absolute atomic E-state index is 14.8. The summed E-state index contributed by atoms with van der Waals surface area (Å²) in [5.74, 6) is -6.51. The van der Waals surface area contributed by atoms with Gasteiger partial charge in [0.05, 0.1) is 6.61 Å². The molecular formula is C60H76ClFN12O10. The van der Waals surface area contributed by atoms with Crippen LogP contribution in [0.1, 0.15) is 81.5 Å². The van der Waals surface area contributed by atoms with Gasteiger partial charge in [0.15, 0.2) is 5.96 Å². The number of nitrogens with one attached hydrogen (secondary N) is 8. The molecule has 0 radical (unpaired) electrons. The van der Waals surface area contributed by atoms with Crippen molar-refractivity contribution in [3.63, 3.8) is 0 Å². The molecule has 0 bridgehead atoms. The summed E-state index contributed by atoms with van der Waals surface area (Å²) < 4.78 is 13.6. The molecule has 1 aromatic heterocycles. The molecule has 5 aromatic rings. The number of aromatic hydroxyl groups is 1. The number of aliphatic hydroxyl groups is 1. The number of guanidine groups is 1. The highest BCUT2D eigenvalue weighted by atomic mass is 35.5. The fraction of sp³-hybridized carbons (Fsp3) is 0.417. The lowest BCUT2D eigenvalue weighted by atomic mass is 9.99. The van der Waals surface area contributed by atoms with E-state index in [1.54, 1.807) is 49.5 Å². The molecule has 84 heavy (non-hydrogen) atoms. The van der Waals surface area contributed by atoms with Crippen LogP contribution in [-0.4, -0.2) is 142 Å². The summed E-state index contributed by atoms with van der Waals surface area (Å²) in [4.78, 5) is 122. The molecule has 1 aliphatic rings. The topological polar surface area (TPSA) is 345 Å². The van der Waals surface area contributed by atoms with E-state index < -0.39 is 96.1 Å². The SMILES string of the molecule is CCNC(=O)[C@H]1CCCN1C(=O)[C@H](CCCN=C(N)N)NC(=O)[C@H](CC(C)C)NC(=O)[C@@H](Cc1ccc(Cl)cc1)NC(=O)[C@H](Cc1ccc(O)cc1)NC(=O)[C@H](CO)NC(=O)[C@H](Cc1c[nH]c2ccccc12)NC(=O)CCc1ccc(F)cc1. The maximum Gasteiger partial charge on any atom is 0.245 e. The van der Waals surface area contributed by atoms with Crippen molar-refractivity contribution in [1.29, 1.82) is 0 Å². The molecule has 0 spiro atoms. The van der Waals surface area contributed by atoms with Crippen molar-refractivity contribution in [2.75, 3.05) is 26.2 Å². The molecule has 450 valence electrons. The average Bonchev–Trinajstić information content (AvgIpc) is 4.15. The van der Waals surface area contributed by atoms with E-state index in [9.17, 15) is 53.0 Å². The van der Waals surface area contributed by atoms with E-state index in [0.717, 1.165) is 10.9 Å². The number of para-hydroxylation sites is 1. The van der Waals surface area contributed by atoms with Crippen LogP contribution in [-0.2, 0) is 64.0 Å². The van der Waals surface area contributed by atoms with Crippen LogP contribution in [0.5, 0.6) is 5.75 Å². The van der Waals surface area contributed by atoms with Gasteiger partial charge in [-0.2, -0.15) is 0 Å². The number of aliphatic imine (C=N–C) groups is 1. The zero-order valence-corrected chi connectivity index (χ0v) is 48.1. The van der Waals surface area contributed by atoms with E-state index >= 15 is 0 Å². The number of aromatic amines is 1. The zero-order chi connectivity index (χ0) is 60.9. The Morgan fingerprint density at radius 1 is 0.714 bits per heavy atom. The van der Waals surface area contributed by atoms with Gasteiger partial charge in [-0.05, 0) is 116 Å². The molecule has 14 N–H and O–H groups in total. The van der Waals surface area contributed by atoms with E-state index in [2.05, 4.69) is 47.2 Å². The number of nitrogens with two attached hydrogens (primary N) is 2. The zero-order valence-electron chi connectivity index (χ0n) is 47.3. The number of aliphatic hydroxyl groups excluding tert-OH is 1. The smallest absolute Gasteiger partial charge is 0.245 e. The van der Waals surface area contributed by atoms with Gasteiger partial charge < -0.3 is 68.8 Å².